The molecule has 0 aliphatic heterocycles. The van der Waals surface area contributed by atoms with Gasteiger partial charge in [-0.1, -0.05) is 24.4 Å². The molecule has 1 aromatic heterocycles. The predicted molar refractivity (Wildman–Crippen MR) is 84.8 cm³/mol. The number of sulfone groups is 1. The zero-order chi connectivity index (χ0) is 15.5. The standard InChI is InChI=1S/C13H14N4O2S2/c1-21(18,19)10-4-2-9(3-5-10)6-16-12-8-15-11(7-17-12)13(14)20/h2-5,7-8H,6H2,1H3,(H2,14,20)(H,16,17). The second-order valence-corrected chi connectivity index (χ2v) is 6.88. The molecule has 0 unspecified atom stereocenters. The van der Waals surface area contributed by atoms with Gasteiger partial charge in [0.1, 0.15) is 16.5 Å². The summed E-state index contributed by atoms with van der Waals surface area (Å²) in [4.78, 5) is 8.70. The Hall–Kier alpha value is -2.06. The molecule has 21 heavy (non-hydrogen) atoms. The molecule has 0 saturated heterocycles. The van der Waals surface area contributed by atoms with Gasteiger partial charge in [0.05, 0.1) is 17.3 Å². The molecule has 6 nitrogen and oxygen atoms in total. The number of hydrogen-bond acceptors (Lipinski definition) is 6. The van der Waals surface area contributed by atoms with Crippen molar-refractivity contribution in [1.29, 1.82) is 0 Å². The van der Waals surface area contributed by atoms with Gasteiger partial charge in [-0.15, -0.1) is 0 Å². The van der Waals surface area contributed by atoms with Crippen LogP contribution in [0.2, 0.25) is 0 Å². The number of nitrogens with two attached hydrogens (primary N) is 1. The molecule has 0 atom stereocenters. The Labute approximate surface area is 128 Å². The zero-order valence-electron chi connectivity index (χ0n) is 11.3. The molecule has 0 aliphatic carbocycles. The topological polar surface area (TPSA) is 98.0 Å². The van der Waals surface area contributed by atoms with E-state index in [-0.39, 0.29) is 4.99 Å². The van der Waals surface area contributed by atoms with E-state index >= 15 is 0 Å². The molecule has 0 bridgehead atoms. The van der Waals surface area contributed by atoms with Crippen molar-refractivity contribution in [2.24, 2.45) is 5.73 Å². The number of aromatic nitrogens is 2. The number of rotatable bonds is 5. The molecule has 3 N–H and O–H groups in total. The first-order chi connectivity index (χ1) is 9.86. The van der Waals surface area contributed by atoms with Gasteiger partial charge in [-0.2, -0.15) is 0 Å². The highest BCUT2D eigenvalue weighted by Crippen LogP contribution is 2.11. The lowest BCUT2D eigenvalue weighted by molar-refractivity contribution is 0.602. The maximum absolute atomic E-state index is 11.4. The van der Waals surface area contributed by atoms with Crippen LogP contribution >= 0.6 is 12.2 Å². The van der Waals surface area contributed by atoms with Gasteiger partial charge in [-0.3, -0.25) is 0 Å². The van der Waals surface area contributed by atoms with Gasteiger partial charge in [0, 0.05) is 12.8 Å². The van der Waals surface area contributed by atoms with Crippen molar-refractivity contribution in [1.82, 2.24) is 9.97 Å². The van der Waals surface area contributed by atoms with Crippen LogP contribution in [-0.2, 0) is 16.4 Å². The second kappa shape index (κ2) is 6.15. The van der Waals surface area contributed by atoms with E-state index in [9.17, 15) is 8.42 Å². The summed E-state index contributed by atoms with van der Waals surface area (Å²) < 4.78 is 22.7. The van der Waals surface area contributed by atoms with E-state index in [2.05, 4.69) is 15.3 Å². The SMILES string of the molecule is CS(=O)(=O)c1ccc(CNc2cnc(C(N)=S)cn2)cc1. The van der Waals surface area contributed by atoms with Crippen LogP contribution in [0.5, 0.6) is 0 Å². The Bertz CT molecular complexity index is 741. The molecule has 2 aromatic rings. The van der Waals surface area contributed by atoms with Crippen LogP contribution in [0.3, 0.4) is 0 Å². The normalized spacial score (nSPS) is 11.1. The van der Waals surface area contributed by atoms with E-state index in [0.29, 0.717) is 23.0 Å². The fourth-order valence-corrected chi connectivity index (χ4v) is 2.33. The molecule has 0 saturated carbocycles. The lowest BCUT2D eigenvalue weighted by Gasteiger charge is -2.06. The second-order valence-electron chi connectivity index (χ2n) is 4.42. The highest BCUT2D eigenvalue weighted by atomic mass is 32.2. The van der Waals surface area contributed by atoms with Crippen molar-refractivity contribution in [3.63, 3.8) is 0 Å². The van der Waals surface area contributed by atoms with Gasteiger partial charge >= 0.3 is 0 Å². The van der Waals surface area contributed by atoms with Gasteiger partial charge in [-0.05, 0) is 17.7 Å². The van der Waals surface area contributed by atoms with Crippen molar-refractivity contribution in [2.75, 3.05) is 11.6 Å². The van der Waals surface area contributed by atoms with E-state index in [4.69, 9.17) is 18.0 Å². The number of nitrogens with zero attached hydrogens (tertiary/aromatic N) is 2. The maximum Gasteiger partial charge on any atom is 0.175 e. The van der Waals surface area contributed by atoms with Gasteiger partial charge in [0.25, 0.3) is 0 Å². The van der Waals surface area contributed by atoms with Gasteiger partial charge in [0.15, 0.2) is 9.84 Å². The third-order valence-electron chi connectivity index (χ3n) is 2.73. The molecule has 2 rings (SSSR count). The molecule has 0 aliphatic rings. The molecule has 110 valence electrons. The fourth-order valence-electron chi connectivity index (χ4n) is 1.59. The molecule has 0 radical (unpaired) electrons. The van der Waals surface area contributed by atoms with Crippen LogP contribution in [0.25, 0.3) is 0 Å². The van der Waals surface area contributed by atoms with Crippen molar-refractivity contribution in [3.8, 4) is 0 Å². The number of thiocarbonyl (C=S) groups is 1. The molecule has 1 aromatic carbocycles. The summed E-state index contributed by atoms with van der Waals surface area (Å²) in [7, 11) is -3.17. The summed E-state index contributed by atoms with van der Waals surface area (Å²) in [5, 5.41) is 3.08. The molecule has 0 spiro atoms. The Morgan fingerprint density at radius 2 is 1.90 bits per heavy atom. The first kappa shape index (κ1) is 15.3. The van der Waals surface area contributed by atoms with Crippen LogP contribution < -0.4 is 11.1 Å². The Morgan fingerprint density at radius 3 is 2.38 bits per heavy atom. The fraction of sp³-hybridized carbons (Fsp3) is 0.154. The minimum Gasteiger partial charge on any atom is -0.388 e. The van der Waals surface area contributed by atoms with Crippen LogP contribution in [0.15, 0.2) is 41.6 Å². The Kier molecular flexibility index (Phi) is 4.49. The van der Waals surface area contributed by atoms with Crippen molar-refractivity contribution in [2.45, 2.75) is 11.4 Å². The summed E-state index contributed by atoms with van der Waals surface area (Å²) in [5.41, 5.74) is 6.84. The average molecular weight is 322 g/mol. The number of nitrogens with one attached hydrogen (secondary N) is 1. The largest absolute Gasteiger partial charge is 0.388 e. The van der Waals surface area contributed by atoms with E-state index in [1.54, 1.807) is 30.5 Å². The van der Waals surface area contributed by atoms with Gasteiger partial charge in [-0.25, -0.2) is 18.4 Å². The number of anilines is 1. The van der Waals surface area contributed by atoms with Crippen molar-refractivity contribution < 1.29 is 8.42 Å². The minimum absolute atomic E-state index is 0.199. The highest BCUT2D eigenvalue weighted by Gasteiger charge is 2.06. The molecular weight excluding hydrogens is 308 g/mol. The Morgan fingerprint density at radius 1 is 1.24 bits per heavy atom. The molecule has 0 fully saturated rings. The highest BCUT2D eigenvalue weighted by molar-refractivity contribution is 7.90. The zero-order valence-corrected chi connectivity index (χ0v) is 12.9. The summed E-state index contributed by atoms with van der Waals surface area (Å²) in [6.45, 7) is 0.505. The summed E-state index contributed by atoms with van der Waals surface area (Å²) in [6.07, 6.45) is 4.22. The van der Waals surface area contributed by atoms with E-state index < -0.39 is 9.84 Å². The third kappa shape index (κ3) is 4.20. The monoisotopic (exact) mass is 322 g/mol. The predicted octanol–water partition coefficient (Wildman–Crippen LogP) is 1.13. The van der Waals surface area contributed by atoms with Crippen LogP contribution in [0.1, 0.15) is 11.3 Å². The lowest BCUT2D eigenvalue weighted by Crippen LogP contribution is -2.12. The van der Waals surface area contributed by atoms with Crippen LogP contribution in [0, 0.1) is 0 Å². The lowest BCUT2D eigenvalue weighted by atomic mass is 10.2. The summed E-state index contributed by atoms with van der Waals surface area (Å²) >= 11 is 4.79. The van der Waals surface area contributed by atoms with Gasteiger partial charge in [0.2, 0.25) is 0 Å². The Balaban J connectivity index is 2.01. The first-order valence-corrected chi connectivity index (χ1v) is 8.31. The van der Waals surface area contributed by atoms with E-state index in [1.807, 2.05) is 0 Å². The average Bonchev–Trinajstić information content (AvgIpc) is 2.45. The third-order valence-corrected chi connectivity index (χ3v) is 4.07. The first-order valence-electron chi connectivity index (χ1n) is 6.01. The van der Waals surface area contributed by atoms with E-state index in [0.717, 1.165) is 5.56 Å². The summed E-state index contributed by atoms with van der Waals surface area (Å²) in [6, 6.07) is 6.66. The summed E-state index contributed by atoms with van der Waals surface area (Å²) in [5.74, 6) is 0.585. The molecule has 1 heterocycles. The quantitative estimate of drug-likeness (QED) is 0.796. The van der Waals surface area contributed by atoms with Gasteiger partial charge < -0.3 is 11.1 Å². The van der Waals surface area contributed by atoms with Crippen LogP contribution in [0.4, 0.5) is 5.82 Å². The van der Waals surface area contributed by atoms with E-state index in [1.165, 1.54) is 12.5 Å². The van der Waals surface area contributed by atoms with Crippen molar-refractivity contribution >= 4 is 32.9 Å². The molecular formula is C13H14N4O2S2. The molecule has 0 amide bonds. The smallest absolute Gasteiger partial charge is 0.175 e. The minimum atomic E-state index is -3.17. The number of hydrogen-bond donors (Lipinski definition) is 2. The molecule has 8 heteroatoms. The van der Waals surface area contributed by atoms with Crippen LogP contribution in [-0.4, -0.2) is 29.6 Å². The van der Waals surface area contributed by atoms with Crippen molar-refractivity contribution in [3.05, 3.63) is 47.9 Å². The number of benzene rings is 1. The maximum atomic E-state index is 11.4.